The Balaban J connectivity index is 1.79. The summed E-state index contributed by atoms with van der Waals surface area (Å²) in [7, 11) is -1.10. The second-order valence-corrected chi connectivity index (χ2v) is 10.5. The fourth-order valence-electron chi connectivity index (χ4n) is 4.12. The molecule has 0 N–H and O–H groups in total. The highest BCUT2D eigenvalue weighted by Crippen LogP contribution is 2.59. The predicted octanol–water partition coefficient (Wildman–Crippen LogP) is 4.92. The monoisotopic (exact) mass is 264 g/mol. The lowest BCUT2D eigenvalue weighted by molar-refractivity contribution is 1.06. The van der Waals surface area contributed by atoms with Crippen molar-refractivity contribution in [2.75, 3.05) is 0 Å². The standard InChI is InChI=1S/C18H20Si/c1-3-11-19(2)16-12-14-9-6-10-15(17(14)18(16)19)13-7-4-5-8-13/h4-7,9-10H,3,8,11-12H2,1-2H3. The Labute approximate surface area is 116 Å². The average molecular weight is 264 g/mol. The zero-order valence-corrected chi connectivity index (χ0v) is 12.8. The topological polar surface area (TPSA) is 0 Å². The molecule has 0 radical (unpaired) electrons. The molecule has 0 bridgehead atoms. The largest absolute Gasteiger partial charge is 0.111 e. The molecule has 2 aliphatic carbocycles. The molecule has 0 amide bonds. The summed E-state index contributed by atoms with van der Waals surface area (Å²) in [4.78, 5) is 0. The van der Waals surface area contributed by atoms with Crippen LogP contribution in [0.2, 0.25) is 12.6 Å². The Kier molecular flexibility index (Phi) is 2.31. The van der Waals surface area contributed by atoms with Gasteiger partial charge in [-0.3, -0.25) is 0 Å². The Morgan fingerprint density at radius 2 is 2.16 bits per heavy atom. The van der Waals surface area contributed by atoms with Crippen molar-refractivity contribution < 1.29 is 0 Å². The quantitative estimate of drug-likeness (QED) is 0.680. The summed E-state index contributed by atoms with van der Waals surface area (Å²) in [5.41, 5.74) is 6.29. The third-order valence-corrected chi connectivity index (χ3v) is 9.76. The van der Waals surface area contributed by atoms with E-state index in [1.165, 1.54) is 30.0 Å². The minimum Gasteiger partial charge on any atom is -0.0801 e. The third-order valence-electron chi connectivity index (χ3n) is 5.09. The van der Waals surface area contributed by atoms with E-state index >= 15 is 0 Å². The highest BCUT2D eigenvalue weighted by molar-refractivity contribution is 7.14. The molecule has 1 heteroatoms. The van der Waals surface area contributed by atoms with Gasteiger partial charge in [-0.05, 0) is 35.1 Å². The van der Waals surface area contributed by atoms with Gasteiger partial charge in [-0.1, -0.05) is 72.8 Å². The number of hydrogen-bond acceptors (Lipinski definition) is 0. The number of hydrogen-bond donors (Lipinski definition) is 0. The van der Waals surface area contributed by atoms with Crippen molar-refractivity contribution in [2.24, 2.45) is 0 Å². The van der Waals surface area contributed by atoms with Crippen LogP contribution < -0.4 is 0 Å². The lowest BCUT2D eigenvalue weighted by atomic mass is 9.96. The van der Waals surface area contributed by atoms with Crippen molar-refractivity contribution in [3.05, 3.63) is 58.3 Å². The zero-order valence-electron chi connectivity index (χ0n) is 11.8. The SMILES string of the molecule is CCC[Si]1(C)C2=C1c1c(cccc1C1=CC=CC1)C2. The second kappa shape index (κ2) is 3.83. The summed E-state index contributed by atoms with van der Waals surface area (Å²) < 4.78 is 0. The maximum absolute atomic E-state index is 2.59. The molecule has 0 spiro atoms. The molecule has 0 saturated heterocycles. The molecule has 0 fully saturated rings. The van der Waals surface area contributed by atoms with Gasteiger partial charge in [0.2, 0.25) is 0 Å². The van der Waals surface area contributed by atoms with Crippen LogP contribution in [0.5, 0.6) is 0 Å². The summed E-state index contributed by atoms with van der Waals surface area (Å²) in [6.45, 7) is 4.92. The Morgan fingerprint density at radius 3 is 2.89 bits per heavy atom. The van der Waals surface area contributed by atoms with Crippen LogP contribution in [-0.2, 0) is 6.42 Å². The van der Waals surface area contributed by atoms with E-state index in [0.717, 1.165) is 6.42 Å². The van der Waals surface area contributed by atoms with E-state index in [2.05, 4.69) is 49.9 Å². The summed E-state index contributed by atoms with van der Waals surface area (Å²) in [5, 5.41) is 3.69. The van der Waals surface area contributed by atoms with Gasteiger partial charge in [0.05, 0.1) is 0 Å². The molecule has 96 valence electrons. The lowest BCUT2D eigenvalue weighted by Gasteiger charge is -2.20. The van der Waals surface area contributed by atoms with Crippen LogP contribution in [0.3, 0.4) is 0 Å². The van der Waals surface area contributed by atoms with Crippen molar-refractivity contribution >= 4 is 18.8 Å². The van der Waals surface area contributed by atoms with Gasteiger partial charge in [0.25, 0.3) is 0 Å². The smallest absolute Gasteiger partial charge is 0.0801 e. The lowest BCUT2D eigenvalue weighted by Crippen LogP contribution is -2.20. The summed E-state index contributed by atoms with van der Waals surface area (Å²) in [6, 6.07) is 8.39. The zero-order chi connectivity index (χ0) is 13.0. The first-order valence-electron chi connectivity index (χ1n) is 7.48. The molecule has 0 nitrogen and oxygen atoms in total. The first-order chi connectivity index (χ1) is 9.25. The van der Waals surface area contributed by atoms with Gasteiger partial charge in [-0.2, -0.15) is 0 Å². The minimum absolute atomic E-state index is 1.10. The number of fused-ring (bicyclic) bond motifs is 2. The van der Waals surface area contributed by atoms with Crippen LogP contribution in [0.4, 0.5) is 0 Å². The molecule has 0 saturated carbocycles. The van der Waals surface area contributed by atoms with Gasteiger partial charge in [0.1, 0.15) is 8.07 Å². The van der Waals surface area contributed by atoms with E-state index < -0.39 is 8.07 Å². The van der Waals surface area contributed by atoms with Crippen LogP contribution in [0.15, 0.2) is 41.6 Å². The van der Waals surface area contributed by atoms with Crippen LogP contribution in [0, 0.1) is 0 Å². The summed E-state index contributed by atoms with van der Waals surface area (Å²) in [6.07, 6.45) is 10.5. The molecular formula is C18H20Si. The fraction of sp³-hybridized carbons (Fsp3) is 0.333. The van der Waals surface area contributed by atoms with E-state index in [9.17, 15) is 0 Å². The molecule has 4 rings (SSSR count). The van der Waals surface area contributed by atoms with Gasteiger partial charge in [-0.25, -0.2) is 0 Å². The molecule has 1 atom stereocenters. The number of rotatable bonds is 3. The van der Waals surface area contributed by atoms with Crippen LogP contribution >= 0.6 is 0 Å². The van der Waals surface area contributed by atoms with Crippen molar-refractivity contribution in [1.29, 1.82) is 0 Å². The van der Waals surface area contributed by atoms with E-state index in [0.29, 0.717) is 0 Å². The average Bonchev–Trinajstić information content (AvgIpc) is 2.89. The molecule has 19 heavy (non-hydrogen) atoms. The first kappa shape index (κ1) is 11.5. The highest BCUT2D eigenvalue weighted by atomic mass is 28.3. The van der Waals surface area contributed by atoms with Gasteiger partial charge in [-0.15, -0.1) is 0 Å². The van der Waals surface area contributed by atoms with Gasteiger partial charge >= 0.3 is 0 Å². The highest BCUT2D eigenvalue weighted by Gasteiger charge is 2.54. The van der Waals surface area contributed by atoms with Crippen molar-refractivity contribution in [3.63, 3.8) is 0 Å². The predicted molar refractivity (Wildman–Crippen MR) is 85.5 cm³/mol. The fourth-order valence-corrected chi connectivity index (χ4v) is 8.92. The van der Waals surface area contributed by atoms with Crippen molar-refractivity contribution in [3.8, 4) is 0 Å². The first-order valence-corrected chi connectivity index (χ1v) is 10.2. The minimum atomic E-state index is -1.10. The molecule has 1 unspecified atom stereocenters. The summed E-state index contributed by atoms with van der Waals surface area (Å²) >= 11 is 0. The van der Waals surface area contributed by atoms with E-state index in [4.69, 9.17) is 0 Å². The third kappa shape index (κ3) is 1.45. The maximum atomic E-state index is 2.59. The van der Waals surface area contributed by atoms with Gasteiger partial charge < -0.3 is 0 Å². The van der Waals surface area contributed by atoms with Gasteiger partial charge in [0.15, 0.2) is 0 Å². The molecule has 1 aromatic carbocycles. The number of benzene rings is 1. The van der Waals surface area contributed by atoms with E-state index in [1.807, 2.05) is 10.4 Å². The molecule has 1 heterocycles. The van der Waals surface area contributed by atoms with Gasteiger partial charge in [0, 0.05) is 0 Å². The molecule has 3 aliphatic rings. The molecule has 1 aliphatic heterocycles. The van der Waals surface area contributed by atoms with Crippen molar-refractivity contribution in [2.45, 2.75) is 38.8 Å². The molecule has 0 aromatic heterocycles. The van der Waals surface area contributed by atoms with E-state index in [-0.39, 0.29) is 0 Å². The van der Waals surface area contributed by atoms with Crippen molar-refractivity contribution in [1.82, 2.24) is 0 Å². The van der Waals surface area contributed by atoms with Crippen LogP contribution in [-0.4, -0.2) is 8.07 Å². The normalized spacial score (nSPS) is 26.5. The van der Waals surface area contributed by atoms with Crippen LogP contribution in [0.1, 0.15) is 36.5 Å². The Morgan fingerprint density at radius 1 is 1.26 bits per heavy atom. The Bertz CT molecular complexity index is 660. The molecule has 1 aromatic rings. The van der Waals surface area contributed by atoms with Crippen LogP contribution in [0.25, 0.3) is 10.8 Å². The van der Waals surface area contributed by atoms with E-state index in [1.54, 1.807) is 11.1 Å². The maximum Gasteiger partial charge on any atom is 0.111 e. The second-order valence-electron chi connectivity index (χ2n) is 6.28. The Hall–Kier alpha value is -1.34. The molecular weight excluding hydrogens is 244 g/mol. The summed E-state index contributed by atoms with van der Waals surface area (Å²) in [5.74, 6) is 0. The number of allylic oxidation sites excluding steroid dienone is 5.